The van der Waals surface area contributed by atoms with E-state index in [9.17, 15) is 14.4 Å². The summed E-state index contributed by atoms with van der Waals surface area (Å²) >= 11 is 0. The van der Waals surface area contributed by atoms with Gasteiger partial charge in [0.25, 0.3) is 5.91 Å². The number of amides is 3. The van der Waals surface area contributed by atoms with Crippen LogP contribution in [-0.4, -0.2) is 24.8 Å². The lowest BCUT2D eigenvalue weighted by molar-refractivity contribution is -0.128. The Balaban J connectivity index is 1.71. The van der Waals surface area contributed by atoms with Crippen LogP contribution in [0.2, 0.25) is 0 Å². The second-order valence-electron chi connectivity index (χ2n) is 5.53. The van der Waals surface area contributed by atoms with E-state index in [0.29, 0.717) is 11.4 Å². The van der Waals surface area contributed by atoms with E-state index in [-0.39, 0.29) is 18.7 Å². The molecule has 2 aromatic carbocycles. The summed E-state index contributed by atoms with van der Waals surface area (Å²) in [6, 6.07) is 16.2. The average Bonchev–Trinajstić information content (AvgIpc) is 2.70. The largest absolute Gasteiger partial charge is 0.496 e. The fraction of sp³-hybridized carbons (Fsp3) is 0.150. The third kappa shape index (κ3) is 7.03. The fourth-order valence-corrected chi connectivity index (χ4v) is 2.18. The van der Waals surface area contributed by atoms with Crippen LogP contribution in [0.4, 0.5) is 5.69 Å². The van der Waals surface area contributed by atoms with E-state index in [4.69, 9.17) is 4.74 Å². The molecule has 0 saturated heterocycles. The third-order valence-corrected chi connectivity index (χ3v) is 3.51. The zero-order valence-corrected chi connectivity index (χ0v) is 14.9. The lowest BCUT2D eigenvalue weighted by Crippen LogP contribution is -2.41. The maximum absolute atomic E-state index is 11.8. The van der Waals surface area contributed by atoms with Gasteiger partial charge in [-0.25, -0.2) is 0 Å². The van der Waals surface area contributed by atoms with Crippen LogP contribution < -0.4 is 20.9 Å². The molecule has 0 aliphatic carbocycles. The molecule has 0 radical (unpaired) electrons. The van der Waals surface area contributed by atoms with Crippen LogP contribution in [0.3, 0.4) is 0 Å². The molecule has 2 aromatic rings. The van der Waals surface area contributed by atoms with Gasteiger partial charge in [-0.1, -0.05) is 36.4 Å². The van der Waals surface area contributed by atoms with Gasteiger partial charge in [-0.05, 0) is 24.3 Å². The van der Waals surface area contributed by atoms with E-state index in [1.54, 1.807) is 49.6 Å². The summed E-state index contributed by atoms with van der Waals surface area (Å²) in [6.45, 7) is 0. The quantitative estimate of drug-likeness (QED) is 0.517. The van der Waals surface area contributed by atoms with Crippen molar-refractivity contribution in [2.75, 3.05) is 12.4 Å². The van der Waals surface area contributed by atoms with Crippen LogP contribution in [0.25, 0.3) is 6.08 Å². The van der Waals surface area contributed by atoms with Gasteiger partial charge in [-0.2, -0.15) is 0 Å². The van der Waals surface area contributed by atoms with Gasteiger partial charge in [0.1, 0.15) is 5.75 Å². The number of nitrogens with one attached hydrogen (secondary N) is 3. The number of rotatable bonds is 7. The average molecular weight is 367 g/mol. The van der Waals surface area contributed by atoms with Gasteiger partial charge in [-0.15, -0.1) is 0 Å². The number of hydrogen-bond acceptors (Lipinski definition) is 4. The molecule has 27 heavy (non-hydrogen) atoms. The molecule has 140 valence electrons. The van der Waals surface area contributed by atoms with Gasteiger partial charge < -0.3 is 10.1 Å². The first kappa shape index (κ1) is 19.7. The van der Waals surface area contributed by atoms with Gasteiger partial charge in [-0.3, -0.25) is 25.2 Å². The lowest BCUT2D eigenvalue weighted by Gasteiger charge is -2.07. The molecule has 0 heterocycles. The first-order valence-corrected chi connectivity index (χ1v) is 8.33. The lowest BCUT2D eigenvalue weighted by atomic mass is 10.2. The number of anilines is 1. The summed E-state index contributed by atoms with van der Waals surface area (Å²) < 4.78 is 5.18. The van der Waals surface area contributed by atoms with Crippen LogP contribution in [0.1, 0.15) is 18.4 Å². The molecule has 0 aliphatic heterocycles. The number of hydrazine groups is 1. The summed E-state index contributed by atoms with van der Waals surface area (Å²) in [6.07, 6.45) is 2.82. The third-order valence-electron chi connectivity index (χ3n) is 3.51. The second kappa shape index (κ2) is 10.4. The Morgan fingerprint density at radius 3 is 2.30 bits per heavy atom. The van der Waals surface area contributed by atoms with Crippen LogP contribution in [-0.2, 0) is 14.4 Å². The number of hydrogen-bond donors (Lipinski definition) is 3. The molecule has 0 aliphatic rings. The van der Waals surface area contributed by atoms with Crippen molar-refractivity contribution >= 4 is 29.5 Å². The molecule has 3 N–H and O–H groups in total. The Bertz CT molecular complexity index is 819. The van der Waals surface area contributed by atoms with E-state index in [2.05, 4.69) is 16.2 Å². The molecular weight excluding hydrogens is 346 g/mol. The molecule has 0 bridgehead atoms. The molecular formula is C20H21N3O4. The molecule has 0 spiro atoms. The summed E-state index contributed by atoms with van der Waals surface area (Å²) in [5.41, 5.74) is 5.93. The highest BCUT2D eigenvalue weighted by Gasteiger charge is 2.08. The number of para-hydroxylation sites is 2. The maximum atomic E-state index is 11.8. The zero-order chi connectivity index (χ0) is 19.5. The molecule has 0 atom stereocenters. The summed E-state index contributed by atoms with van der Waals surface area (Å²) in [5.74, 6) is -0.603. The number of carbonyl (C=O) groups excluding carboxylic acids is 3. The Labute approximate surface area is 157 Å². The van der Waals surface area contributed by atoms with E-state index < -0.39 is 11.8 Å². The number of methoxy groups -OCH3 is 1. The number of benzene rings is 2. The summed E-state index contributed by atoms with van der Waals surface area (Å²) in [7, 11) is 1.54. The standard InChI is InChI=1S/C20H21N3O4/c1-27-17-10-6-5-7-15(17)11-12-19(25)22-23-20(26)14-13-18(24)21-16-8-3-2-4-9-16/h2-12H,13-14H2,1H3,(H,21,24)(H,22,25)(H,23,26). The molecule has 2 rings (SSSR count). The molecule has 7 nitrogen and oxygen atoms in total. The number of carbonyl (C=O) groups is 3. The van der Waals surface area contributed by atoms with Crippen LogP contribution in [0.5, 0.6) is 5.75 Å². The van der Waals surface area contributed by atoms with Crippen molar-refractivity contribution in [1.29, 1.82) is 0 Å². The Hall–Kier alpha value is -3.61. The highest BCUT2D eigenvalue weighted by atomic mass is 16.5. The van der Waals surface area contributed by atoms with Crippen molar-refractivity contribution in [3.05, 3.63) is 66.2 Å². The van der Waals surface area contributed by atoms with Crippen LogP contribution in [0, 0.1) is 0 Å². The van der Waals surface area contributed by atoms with Gasteiger partial charge in [0.05, 0.1) is 7.11 Å². The first-order valence-electron chi connectivity index (χ1n) is 8.33. The zero-order valence-electron chi connectivity index (χ0n) is 14.9. The predicted molar refractivity (Wildman–Crippen MR) is 103 cm³/mol. The van der Waals surface area contributed by atoms with Crippen molar-refractivity contribution < 1.29 is 19.1 Å². The van der Waals surface area contributed by atoms with E-state index >= 15 is 0 Å². The van der Waals surface area contributed by atoms with Crippen molar-refractivity contribution in [3.8, 4) is 5.75 Å². The van der Waals surface area contributed by atoms with E-state index in [1.807, 2.05) is 18.2 Å². The summed E-state index contributed by atoms with van der Waals surface area (Å²) in [4.78, 5) is 35.3. The van der Waals surface area contributed by atoms with Gasteiger partial charge in [0, 0.05) is 30.2 Å². The first-order chi connectivity index (χ1) is 13.1. The monoisotopic (exact) mass is 367 g/mol. The highest BCUT2D eigenvalue weighted by Crippen LogP contribution is 2.18. The van der Waals surface area contributed by atoms with Gasteiger partial charge in [0.2, 0.25) is 11.8 Å². The molecule has 0 aromatic heterocycles. The van der Waals surface area contributed by atoms with Crippen molar-refractivity contribution in [3.63, 3.8) is 0 Å². The Morgan fingerprint density at radius 2 is 1.56 bits per heavy atom. The van der Waals surface area contributed by atoms with Crippen molar-refractivity contribution in [2.45, 2.75) is 12.8 Å². The second-order valence-corrected chi connectivity index (χ2v) is 5.53. The molecule has 3 amide bonds. The SMILES string of the molecule is COc1ccccc1C=CC(=O)NNC(=O)CCC(=O)Nc1ccccc1. The smallest absolute Gasteiger partial charge is 0.262 e. The van der Waals surface area contributed by atoms with E-state index in [0.717, 1.165) is 5.56 Å². The summed E-state index contributed by atoms with van der Waals surface area (Å²) in [5, 5.41) is 2.68. The molecule has 0 fully saturated rings. The van der Waals surface area contributed by atoms with Crippen molar-refractivity contribution in [1.82, 2.24) is 10.9 Å². The molecule has 7 heteroatoms. The predicted octanol–water partition coefficient (Wildman–Crippen LogP) is 2.27. The van der Waals surface area contributed by atoms with E-state index in [1.165, 1.54) is 6.08 Å². The van der Waals surface area contributed by atoms with Gasteiger partial charge in [0.15, 0.2) is 0 Å². The molecule has 0 unspecified atom stereocenters. The Morgan fingerprint density at radius 1 is 0.889 bits per heavy atom. The highest BCUT2D eigenvalue weighted by molar-refractivity contribution is 5.95. The Kier molecular flexibility index (Phi) is 7.59. The normalized spacial score (nSPS) is 10.3. The van der Waals surface area contributed by atoms with Crippen molar-refractivity contribution in [2.24, 2.45) is 0 Å². The topological polar surface area (TPSA) is 96.5 Å². The maximum Gasteiger partial charge on any atom is 0.262 e. The minimum atomic E-state index is -0.497. The van der Waals surface area contributed by atoms with Gasteiger partial charge >= 0.3 is 0 Å². The molecule has 0 saturated carbocycles. The van der Waals surface area contributed by atoms with Crippen LogP contribution in [0.15, 0.2) is 60.7 Å². The van der Waals surface area contributed by atoms with Crippen LogP contribution >= 0.6 is 0 Å². The fourth-order valence-electron chi connectivity index (χ4n) is 2.18. The minimum absolute atomic E-state index is 0.00759. The number of ether oxygens (including phenoxy) is 1. The minimum Gasteiger partial charge on any atom is -0.496 e.